The molecule has 0 aliphatic heterocycles. The third kappa shape index (κ3) is 2.63. The van der Waals surface area contributed by atoms with Crippen LogP contribution in [0.2, 0.25) is 0 Å². The van der Waals surface area contributed by atoms with Crippen LogP contribution in [-0.4, -0.2) is 10.8 Å². The number of fused-ring (bicyclic) bond motifs is 1. The van der Waals surface area contributed by atoms with E-state index in [0.29, 0.717) is 6.42 Å². The average molecular weight is 243 g/mol. The van der Waals surface area contributed by atoms with E-state index in [1.54, 1.807) is 0 Å². The number of benzene rings is 1. The number of para-hydroxylation sites is 1. The number of hydrogen-bond acceptors (Lipinski definition) is 1. The Labute approximate surface area is 108 Å². The van der Waals surface area contributed by atoms with Crippen LogP contribution >= 0.6 is 0 Å². The standard InChI is InChI=1S/C16H21NO/c1-3-4-5-6-11-15(18)16-12(2)17-14-10-8-7-9-13(14)16/h7-10,17H,3-6,11H2,1-2H3. The maximum absolute atomic E-state index is 12.3. The van der Waals surface area contributed by atoms with E-state index in [1.165, 1.54) is 12.8 Å². The van der Waals surface area contributed by atoms with Gasteiger partial charge in [0.05, 0.1) is 0 Å². The van der Waals surface area contributed by atoms with Gasteiger partial charge in [0, 0.05) is 28.6 Å². The second-order valence-corrected chi connectivity index (χ2v) is 4.90. The van der Waals surface area contributed by atoms with Crippen molar-refractivity contribution in [1.29, 1.82) is 0 Å². The van der Waals surface area contributed by atoms with Crippen molar-refractivity contribution in [3.8, 4) is 0 Å². The van der Waals surface area contributed by atoms with Crippen LogP contribution in [0, 0.1) is 6.92 Å². The molecule has 0 unspecified atom stereocenters. The Morgan fingerprint density at radius 2 is 1.94 bits per heavy atom. The van der Waals surface area contributed by atoms with E-state index >= 15 is 0 Å². The third-order valence-corrected chi connectivity index (χ3v) is 3.43. The molecule has 0 aliphatic rings. The highest BCUT2D eigenvalue weighted by atomic mass is 16.1. The summed E-state index contributed by atoms with van der Waals surface area (Å²) < 4.78 is 0. The fraction of sp³-hybridized carbons (Fsp3) is 0.438. The summed E-state index contributed by atoms with van der Waals surface area (Å²) in [5, 5.41) is 1.07. The fourth-order valence-corrected chi connectivity index (χ4v) is 2.47. The molecular weight excluding hydrogens is 222 g/mol. The summed E-state index contributed by atoms with van der Waals surface area (Å²) in [4.78, 5) is 15.6. The molecule has 18 heavy (non-hydrogen) atoms. The zero-order chi connectivity index (χ0) is 13.0. The number of nitrogens with one attached hydrogen (secondary N) is 1. The minimum atomic E-state index is 0.279. The van der Waals surface area contributed by atoms with Crippen LogP contribution in [0.5, 0.6) is 0 Å². The molecule has 0 aliphatic carbocycles. The summed E-state index contributed by atoms with van der Waals surface area (Å²) in [7, 11) is 0. The predicted molar refractivity (Wildman–Crippen MR) is 76.1 cm³/mol. The SMILES string of the molecule is CCCCCCC(=O)c1c(C)[nH]c2ccccc12. The van der Waals surface area contributed by atoms with Gasteiger partial charge in [-0.3, -0.25) is 4.79 Å². The first-order valence-electron chi connectivity index (χ1n) is 6.84. The average Bonchev–Trinajstić information content (AvgIpc) is 2.70. The van der Waals surface area contributed by atoms with Gasteiger partial charge in [-0.15, -0.1) is 0 Å². The highest BCUT2D eigenvalue weighted by Gasteiger charge is 2.14. The van der Waals surface area contributed by atoms with Gasteiger partial charge in [-0.25, -0.2) is 0 Å². The largest absolute Gasteiger partial charge is 0.358 e. The molecule has 0 radical (unpaired) electrons. The number of H-pyrrole nitrogens is 1. The van der Waals surface area contributed by atoms with Gasteiger partial charge < -0.3 is 4.98 Å². The molecule has 0 amide bonds. The predicted octanol–water partition coefficient (Wildman–Crippen LogP) is 4.63. The monoisotopic (exact) mass is 243 g/mol. The summed E-state index contributed by atoms with van der Waals surface area (Å²) >= 11 is 0. The summed E-state index contributed by atoms with van der Waals surface area (Å²) in [6, 6.07) is 8.03. The summed E-state index contributed by atoms with van der Waals surface area (Å²) in [5.74, 6) is 0.279. The molecule has 1 N–H and O–H groups in total. The number of carbonyl (C=O) groups is 1. The van der Waals surface area contributed by atoms with Crippen LogP contribution in [-0.2, 0) is 0 Å². The molecule has 2 nitrogen and oxygen atoms in total. The molecule has 1 heterocycles. The van der Waals surface area contributed by atoms with E-state index in [4.69, 9.17) is 0 Å². The number of hydrogen-bond donors (Lipinski definition) is 1. The van der Waals surface area contributed by atoms with Crippen molar-refractivity contribution < 1.29 is 4.79 Å². The molecule has 1 aromatic carbocycles. The molecule has 0 bridgehead atoms. The van der Waals surface area contributed by atoms with Crippen LogP contribution in [0.15, 0.2) is 24.3 Å². The Hall–Kier alpha value is -1.57. The highest BCUT2D eigenvalue weighted by molar-refractivity contribution is 6.09. The van der Waals surface area contributed by atoms with Crippen LogP contribution in [0.1, 0.15) is 55.1 Å². The number of carbonyl (C=O) groups excluding carboxylic acids is 1. The van der Waals surface area contributed by atoms with Crippen LogP contribution in [0.3, 0.4) is 0 Å². The van der Waals surface area contributed by atoms with Crippen molar-refractivity contribution in [2.45, 2.75) is 46.0 Å². The van der Waals surface area contributed by atoms with Crippen molar-refractivity contribution in [1.82, 2.24) is 4.98 Å². The number of unbranched alkanes of at least 4 members (excludes halogenated alkanes) is 3. The molecule has 2 aromatic rings. The molecular formula is C16H21NO. The number of Topliss-reactive ketones (excluding diaryl/α,β-unsaturated/α-hetero) is 1. The lowest BCUT2D eigenvalue weighted by Gasteiger charge is -2.01. The Balaban J connectivity index is 2.14. The van der Waals surface area contributed by atoms with E-state index in [-0.39, 0.29) is 5.78 Å². The highest BCUT2D eigenvalue weighted by Crippen LogP contribution is 2.23. The van der Waals surface area contributed by atoms with Gasteiger partial charge in [0.2, 0.25) is 0 Å². The van der Waals surface area contributed by atoms with Gasteiger partial charge in [-0.1, -0.05) is 44.4 Å². The van der Waals surface area contributed by atoms with Crippen molar-refractivity contribution in [3.05, 3.63) is 35.5 Å². The van der Waals surface area contributed by atoms with Crippen molar-refractivity contribution in [2.75, 3.05) is 0 Å². The van der Waals surface area contributed by atoms with Crippen LogP contribution in [0.4, 0.5) is 0 Å². The summed E-state index contributed by atoms with van der Waals surface area (Å²) in [6.45, 7) is 4.17. The quantitative estimate of drug-likeness (QED) is 0.582. The van der Waals surface area contributed by atoms with Gasteiger partial charge in [-0.2, -0.15) is 0 Å². The maximum atomic E-state index is 12.3. The van der Waals surface area contributed by atoms with E-state index in [0.717, 1.165) is 35.0 Å². The van der Waals surface area contributed by atoms with Gasteiger partial charge in [0.1, 0.15) is 0 Å². The number of ketones is 1. The van der Waals surface area contributed by atoms with Crippen molar-refractivity contribution in [2.24, 2.45) is 0 Å². The molecule has 2 rings (SSSR count). The molecule has 2 heteroatoms. The van der Waals surface area contributed by atoms with Crippen LogP contribution < -0.4 is 0 Å². The first kappa shape index (κ1) is 12.9. The smallest absolute Gasteiger partial charge is 0.165 e. The van der Waals surface area contributed by atoms with Gasteiger partial charge in [-0.05, 0) is 19.4 Å². The van der Waals surface area contributed by atoms with E-state index in [2.05, 4.69) is 11.9 Å². The van der Waals surface area contributed by atoms with E-state index in [1.807, 2.05) is 31.2 Å². The zero-order valence-electron chi connectivity index (χ0n) is 11.3. The summed E-state index contributed by atoms with van der Waals surface area (Å²) in [5.41, 5.74) is 2.95. The molecule has 0 saturated carbocycles. The second-order valence-electron chi connectivity index (χ2n) is 4.90. The second kappa shape index (κ2) is 5.85. The molecule has 0 saturated heterocycles. The van der Waals surface area contributed by atoms with E-state index in [9.17, 15) is 4.79 Å². The lowest BCUT2D eigenvalue weighted by molar-refractivity contribution is 0.0980. The molecule has 96 valence electrons. The molecule has 1 aromatic heterocycles. The first-order valence-corrected chi connectivity index (χ1v) is 6.84. The number of rotatable bonds is 6. The Kier molecular flexibility index (Phi) is 4.19. The number of aromatic nitrogens is 1. The third-order valence-electron chi connectivity index (χ3n) is 3.43. The van der Waals surface area contributed by atoms with Crippen molar-refractivity contribution in [3.63, 3.8) is 0 Å². The minimum absolute atomic E-state index is 0.279. The Morgan fingerprint density at radius 1 is 1.17 bits per heavy atom. The molecule has 0 atom stereocenters. The van der Waals surface area contributed by atoms with Gasteiger partial charge in [0.25, 0.3) is 0 Å². The normalized spacial score (nSPS) is 11.0. The first-order chi connectivity index (χ1) is 8.74. The topological polar surface area (TPSA) is 32.9 Å². The lowest BCUT2D eigenvalue weighted by atomic mass is 10.0. The summed E-state index contributed by atoms with van der Waals surface area (Å²) in [6.07, 6.45) is 5.26. The minimum Gasteiger partial charge on any atom is -0.358 e. The van der Waals surface area contributed by atoms with Gasteiger partial charge in [0.15, 0.2) is 5.78 Å². The van der Waals surface area contributed by atoms with E-state index < -0.39 is 0 Å². The number of aryl methyl sites for hydroxylation is 1. The molecule has 0 spiro atoms. The Bertz CT molecular complexity index is 539. The fourth-order valence-electron chi connectivity index (χ4n) is 2.47. The molecule has 0 fully saturated rings. The number of aromatic amines is 1. The maximum Gasteiger partial charge on any atom is 0.165 e. The van der Waals surface area contributed by atoms with Crippen LogP contribution in [0.25, 0.3) is 10.9 Å². The Morgan fingerprint density at radius 3 is 2.72 bits per heavy atom. The van der Waals surface area contributed by atoms with Crippen molar-refractivity contribution >= 4 is 16.7 Å². The zero-order valence-corrected chi connectivity index (χ0v) is 11.3. The lowest BCUT2D eigenvalue weighted by Crippen LogP contribution is -2.00. The van der Waals surface area contributed by atoms with Gasteiger partial charge >= 0.3 is 0 Å².